The fraction of sp³-hybridized carbons (Fsp3) is 0.615. The van der Waals surface area contributed by atoms with Gasteiger partial charge in [-0.1, -0.05) is 13.8 Å². The Morgan fingerprint density at radius 2 is 2.06 bits per heavy atom. The van der Waals surface area contributed by atoms with E-state index in [0.717, 1.165) is 25.3 Å². The lowest BCUT2D eigenvalue weighted by Crippen LogP contribution is -2.34. The van der Waals surface area contributed by atoms with Crippen molar-refractivity contribution >= 4 is 11.5 Å². The Balaban J connectivity index is 2.79. The standard InChI is InChI=1S/C13H25N5/c1-11(2)10-18(8-7-17(3)4)12-5-6-15-13(9-12)16-14/h5-6,9,11H,7-8,10,14H2,1-4H3,(H,15,16). The second-order valence-electron chi connectivity index (χ2n) is 5.19. The highest BCUT2D eigenvalue weighted by atomic mass is 15.3. The molecule has 0 aliphatic carbocycles. The van der Waals surface area contributed by atoms with Crippen molar-refractivity contribution in [2.24, 2.45) is 11.8 Å². The van der Waals surface area contributed by atoms with E-state index in [4.69, 9.17) is 5.84 Å². The van der Waals surface area contributed by atoms with Gasteiger partial charge in [0, 0.05) is 37.6 Å². The average Bonchev–Trinajstić information content (AvgIpc) is 2.34. The maximum Gasteiger partial charge on any atom is 0.141 e. The van der Waals surface area contributed by atoms with Crippen LogP contribution in [0.25, 0.3) is 0 Å². The van der Waals surface area contributed by atoms with Crippen LogP contribution in [0.5, 0.6) is 0 Å². The predicted octanol–water partition coefficient (Wildman–Crippen LogP) is 1.39. The first kappa shape index (κ1) is 14.7. The number of hydrogen-bond donors (Lipinski definition) is 2. The molecule has 3 N–H and O–H groups in total. The largest absolute Gasteiger partial charge is 0.370 e. The van der Waals surface area contributed by atoms with Gasteiger partial charge in [0.15, 0.2) is 0 Å². The van der Waals surface area contributed by atoms with Crippen LogP contribution in [0.1, 0.15) is 13.8 Å². The van der Waals surface area contributed by atoms with E-state index in [-0.39, 0.29) is 0 Å². The zero-order chi connectivity index (χ0) is 13.5. The number of pyridine rings is 1. The SMILES string of the molecule is CC(C)CN(CCN(C)C)c1ccnc(NN)c1. The first-order valence-corrected chi connectivity index (χ1v) is 6.35. The van der Waals surface area contributed by atoms with Crippen molar-refractivity contribution in [1.82, 2.24) is 9.88 Å². The summed E-state index contributed by atoms with van der Waals surface area (Å²) < 4.78 is 0. The average molecular weight is 251 g/mol. The molecule has 0 atom stereocenters. The smallest absolute Gasteiger partial charge is 0.141 e. The zero-order valence-electron chi connectivity index (χ0n) is 11.8. The summed E-state index contributed by atoms with van der Waals surface area (Å²) in [6.45, 7) is 7.51. The molecular formula is C13H25N5. The van der Waals surface area contributed by atoms with Gasteiger partial charge in [-0.2, -0.15) is 0 Å². The Kier molecular flexibility index (Phi) is 5.88. The van der Waals surface area contributed by atoms with Gasteiger partial charge in [-0.05, 0) is 26.1 Å². The zero-order valence-corrected chi connectivity index (χ0v) is 11.8. The topological polar surface area (TPSA) is 57.4 Å². The van der Waals surface area contributed by atoms with Crippen LogP contribution >= 0.6 is 0 Å². The van der Waals surface area contributed by atoms with Crippen molar-refractivity contribution in [1.29, 1.82) is 0 Å². The van der Waals surface area contributed by atoms with Crippen LogP contribution in [0.2, 0.25) is 0 Å². The van der Waals surface area contributed by atoms with Gasteiger partial charge < -0.3 is 15.2 Å². The molecule has 1 heterocycles. The molecule has 5 heteroatoms. The van der Waals surface area contributed by atoms with E-state index >= 15 is 0 Å². The molecule has 18 heavy (non-hydrogen) atoms. The van der Waals surface area contributed by atoms with Gasteiger partial charge in [-0.25, -0.2) is 10.8 Å². The molecule has 0 amide bonds. The van der Waals surface area contributed by atoms with Crippen molar-refractivity contribution in [2.75, 3.05) is 44.1 Å². The molecule has 1 aromatic heterocycles. The molecule has 0 fully saturated rings. The van der Waals surface area contributed by atoms with E-state index in [1.54, 1.807) is 6.20 Å². The predicted molar refractivity (Wildman–Crippen MR) is 77.7 cm³/mol. The van der Waals surface area contributed by atoms with Gasteiger partial charge in [-0.15, -0.1) is 0 Å². The first-order chi connectivity index (χ1) is 8.52. The van der Waals surface area contributed by atoms with Gasteiger partial charge in [0.25, 0.3) is 0 Å². The number of hydrogen-bond acceptors (Lipinski definition) is 5. The number of likely N-dealkylation sites (N-methyl/N-ethyl adjacent to an activating group) is 1. The van der Waals surface area contributed by atoms with E-state index < -0.39 is 0 Å². The van der Waals surface area contributed by atoms with E-state index in [2.05, 4.69) is 48.2 Å². The van der Waals surface area contributed by atoms with E-state index in [9.17, 15) is 0 Å². The number of nitrogens with one attached hydrogen (secondary N) is 1. The molecule has 102 valence electrons. The van der Waals surface area contributed by atoms with Crippen LogP contribution in [0.4, 0.5) is 11.5 Å². The van der Waals surface area contributed by atoms with E-state index in [1.807, 2.05) is 12.1 Å². The summed E-state index contributed by atoms with van der Waals surface area (Å²) in [4.78, 5) is 8.70. The minimum absolute atomic E-state index is 0.620. The summed E-state index contributed by atoms with van der Waals surface area (Å²) >= 11 is 0. The number of nitrogens with two attached hydrogens (primary N) is 1. The van der Waals surface area contributed by atoms with Gasteiger partial charge in [0.05, 0.1) is 0 Å². The Morgan fingerprint density at radius 1 is 1.33 bits per heavy atom. The number of anilines is 2. The monoisotopic (exact) mass is 251 g/mol. The highest BCUT2D eigenvalue weighted by Crippen LogP contribution is 2.18. The molecule has 0 bridgehead atoms. The molecule has 5 nitrogen and oxygen atoms in total. The minimum atomic E-state index is 0.620. The summed E-state index contributed by atoms with van der Waals surface area (Å²) in [6.07, 6.45) is 1.79. The third-order valence-corrected chi connectivity index (χ3v) is 2.66. The van der Waals surface area contributed by atoms with Crippen molar-refractivity contribution in [3.63, 3.8) is 0 Å². The summed E-state index contributed by atoms with van der Waals surface area (Å²) in [5, 5.41) is 0. The molecule has 1 aromatic rings. The maximum absolute atomic E-state index is 5.40. The van der Waals surface area contributed by atoms with Crippen molar-refractivity contribution in [2.45, 2.75) is 13.8 Å². The number of rotatable bonds is 7. The molecule has 0 unspecified atom stereocenters. The first-order valence-electron chi connectivity index (χ1n) is 6.35. The molecule has 0 aromatic carbocycles. The third-order valence-electron chi connectivity index (χ3n) is 2.66. The fourth-order valence-electron chi connectivity index (χ4n) is 1.78. The lowest BCUT2D eigenvalue weighted by molar-refractivity contribution is 0.409. The van der Waals surface area contributed by atoms with Crippen molar-refractivity contribution in [3.05, 3.63) is 18.3 Å². The quantitative estimate of drug-likeness (QED) is 0.566. The fourth-order valence-corrected chi connectivity index (χ4v) is 1.78. The summed E-state index contributed by atoms with van der Waals surface area (Å²) in [5.41, 5.74) is 3.75. The highest BCUT2D eigenvalue weighted by Gasteiger charge is 2.09. The second kappa shape index (κ2) is 7.18. The second-order valence-corrected chi connectivity index (χ2v) is 5.19. The van der Waals surface area contributed by atoms with Crippen LogP contribution in [-0.2, 0) is 0 Å². The maximum atomic E-state index is 5.40. The van der Waals surface area contributed by atoms with Crippen LogP contribution in [-0.4, -0.2) is 43.6 Å². The Labute approximate surface area is 110 Å². The molecular weight excluding hydrogens is 226 g/mol. The Hall–Kier alpha value is -1.33. The number of nitrogen functional groups attached to an aromatic ring is 1. The summed E-state index contributed by atoms with van der Waals surface area (Å²) in [7, 11) is 4.18. The molecule has 0 saturated heterocycles. The molecule has 1 rings (SSSR count). The van der Waals surface area contributed by atoms with Gasteiger partial charge in [0.2, 0.25) is 0 Å². The molecule has 0 saturated carbocycles. The lowest BCUT2D eigenvalue weighted by Gasteiger charge is -2.28. The summed E-state index contributed by atoms with van der Waals surface area (Å²) in [5.74, 6) is 6.72. The number of hydrazine groups is 1. The van der Waals surface area contributed by atoms with E-state index in [0.29, 0.717) is 11.7 Å². The number of nitrogens with zero attached hydrogens (tertiary/aromatic N) is 3. The number of aromatic nitrogens is 1. The van der Waals surface area contributed by atoms with Crippen LogP contribution in [0.15, 0.2) is 18.3 Å². The minimum Gasteiger partial charge on any atom is -0.370 e. The molecule has 0 aliphatic rings. The van der Waals surface area contributed by atoms with Gasteiger partial charge in [-0.3, -0.25) is 0 Å². The molecule has 0 radical (unpaired) electrons. The summed E-state index contributed by atoms with van der Waals surface area (Å²) in [6, 6.07) is 4.01. The van der Waals surface area contributed by atoms with Crippen LogP contribution in [0.3, 0.4) is 0 Å². The van der Waals surface area contributed by atoms with E-state index in [1.165, 1.54) is 0 Å². The highest BCUT2D eigenvalue weighted by molar-refractivity contribution is 5.53. The molecule has 0 aliphatic heterocycles. The third kappa shape index (κ3) is 4.89. The van der Waals surface area contributed by atoms with Crippen LogP contribution < -0.4 is 16.2 Å². The molecule has 0 spiro atoms. The normalized spacial score (nSPS) is 11.1. The van der Waals surface area contributed by atoms with Crippen molar-refractivity contribution < 1.29 is 0 Å². The van der Waals surface area contributed by atoms with Gasteiger partial charge >= 0.3 is 0 Å². The van der Waals surface area contributed by atoms with Crippen molar-refractivity contribution in [3.8, 4) is 0 Å². The Morgan fingerprint density at radius 3 is 2.61 bits per heavy atom. The Bertz CT molecular complexity index is 351. The lowest BCUT2D eigenvalue weighted by atomic mass is 10.2. The van der Waals surface area contributed by atoms with Gasteiger partial charge in [0.1, 0.15) is 5.82 Å². The van der Waals surface area contributed by atoms with Crippen LogP contribution in [0, 0.1) is 5.92 Å².